The Labute approximate surface area is 105 Å². The molecule has 0 saturated heterocycles. The highest BCUT2D eigenvalue weighted by atomic mass is 19.1. The van der Waals surface area contributed by atoms with Crippen LogP contribution in [0.4, 0.5) is 10.1 Å². The number of aromatic carboxylic acids is 1. The summed E-state index contributed by atoms with van der Waals surface area (Å²) >= 11 is 0. The minimum absolute atomic E-state index is 0.0925. The number of rotatable bonds is 3. The number of carbonyl (C=O) groups is 2. The van der Waals surface area contributed by atoms with Crippen molar-refractivity contribution in [1.29, 1.82) is 0 Å². The Kier molecular flexibility index (Phi) is 3.15. The van der Waals surface area contributed by atoms with Crippen LogP contribution >= 0.6 is 0 Å². The molecule has 1 amide bonds. The summed E-state index contributed by atoms with van der Waals surface area (Å²) in [4.78, 5) is 37.6. The van der Waals surface area contributed by atoms with Crippen molar-refractivity contribution in [2.75, 3.05) is 5.32 Å². The van der Waals surface area contributed by atoms with Gasteiger partial charge in [-0.25, -0.2) is 14.0 Å². The maximum absolute atomic E-state index is 13.4. The van der Waals surface area contributed by atoms with Gasteiger partial charge in [-0.1, -0.05) is 0 Å². The van der Waals surface area contributed by atoms with Gasteiger partial charge in [-0.3, -0.25) is 4.79 Å². The third-order valence-corrected chi connectivity index (χ3v) is 2.30. The number of H-pyrrole nitrogens is 2. The van der Waals surface area contributed by atoms with E-state index >= 15 is 0 Å². The zero-order valence-electron chi connectivity index (χ0n) is 9.36. The Morgan fingerprint density at radius 3 is 2.63 bits per heavy atom. The van der Waals surface area contributed by atoms with Crippen LogP contribution in [-0.2, 0) is 0 Å². The van der Waals surface area contributed by atoms with Crippen molar-refractivity contribution in [2.24, 2.45) is 0 Å². The van der Waals surface area contributed by atoms with Gasteiger partial charge in [0.15, 0.2) is 0 Å². The van der Waals surface area contributed by atoms with Gasteiger partial charge in [0.2, 0.25) is 0 Å². The number of carboxylic acid groups (broad SMARTS) is 1. The monoisotopic (exact) mass is 265 g/mol. The van der Waals surface area contributed by atoms with Crippen molar-refractivity contribution >= 4 is 17.6 Å². The molecule has 8 heteroatoms. The van der Waals surface area contributed by atoms with Crippen LogP contribution < -0.4 is 11.0 Å². The second kappa shape index (κ2) is 4.77. The van der Waals surface area contributed by atoms with Crippen LogP contribution in [0.5, 0.6) is 0 Å². The number of hydrogen-bond acceptors (Lipinski definition) is 3. The molecule has 7 nitrogen and oxygen atoms in total. The van der Waals surface area contributed by atoms with E-state index in [-0.39, 0.29) is 16.9 Å². The van der Waals surface area contributed by atoms with E-state index in [1.54, 1.807) is 0 Å². The Balaban J connectivity index is 2.28. The first-order valence-corrected chi connectivity index (χ1v) is 5.09. The number of hydrogen-bond donors (Lipinski definition) is 4. The third-order valence-electron chi connectivity index (χ3n) is 2.30. The predicted molar refractivity (Wildman–Crippen MR) is 62.7 cm³/mol. The second-order valence-electron chi connectivity index (χ2n) is 3.61. The molecule has 0 spiro atoms. The van der Waals surface area contributed by atoms with Crippen molar-refractivity contribution in [3.63, 3.8) is 0 Å². The Hall–Kier alpha value is -2.90. The van der Waals surface area contributed by atoms with Crippen molar-refractivity contribution in [3.8, 4) is 0 Å². The third kappa shape index (κ3) is 2.68. The maximum atomic E-state index is 13.4. The molecule has 0 unspecified atom stereocenters. The summed E-state index contributed by atoms with van der Waals surface area (Å²) in [6, 6.07) is 2.99. The molecule has 0 aliphatic carbocycles. The standard InChI is InChI=1S/C11H8FN3O4/c12-6-2-1-5(10(17)18)3-7(6)14-9(16)8-4-13-11(19)15-8/h1-4H,(H,14,16)(H,17,18)(H2,13,15,19). The van der Waals surface area contributed by atoms with Crippen molar-refractivity contribution < 1.29 is 19.1 Å². The van der Waals surface area contributed by atoms with Crippen LogP contribution in [0.2, 0.25) is 0 Å². The lowest BCUT2D eigenvalue weighted by Crippen LogP contribution is -2.15. The highest BCUT2D eigenvalue weighted by molar-refractivity contribution is 6.03. The van der Waals surface area contributed by atoms with E-state index in [4.69, 9.17) is 5.11 Å². The van der Waals surface area contributed by atoms with Crippen LogP contribution in [0.3, 0.4) is 0 Å². The fourth-order valence-electron chi connectivity index (χ4n) is 1.40. The number of amides is 1. The number of carbonyl (C=O) groups excluding carboxylic acids is 1. The number of aromatic amines is 2. The van der Waals surface area contributed by atoms with Crippen molar-refractivity contribution in [1.82, 2.24) is 9.97 Å². The number of halogens is 1. The molecule has 0 aliphatic heterocycles. The first-order chi connectivity index (χ1) is 8.97. The fourth-order valence-corrected chi connectivity index (χ4v) is 1.40. The molecule has 1 heterocycles. The zero-order chi connectivity index (χ0) is 14.0. The lowest BCUT2D eigenvalue weighted by Gasteiger charge is -2.05. The summed E-state index contributed by atoms with van der Waals surface area (Å²) in [5, 5.41) is 10.9. The molecule has 1 aromatic carbocycles. The van der Waals surface area contributed by atoms with Crippen LogP contribution in [0.15, 0.2) is 29.2 Å². The summed E-state index contributed by atoms with van der Waals surface area (Å²) < 4.78 is 13.4. The average Bonchev–Trinajstić information content (AvgIpc) is 2.78. The van der Waals surface area contributed by atoms with Crippen LogP contribution in [0.25, 0.3) is 0 Å². The van der Waals surface area contributed by atoms with Gasteiger partial charge in [0, 0.05) is 6.20 Å². The summed E-state index contributed by atoms with van der Waals surface area (Å²) in [6.07, 6.45) is 1.12. The largest absolute Gasteiger partial charge is 0.478 e. The molecular weight excluding hydrogens is 257 g/mol. The Morgan fingerprint density at radius 1 is 1.32 bits per heavy atom. The fraction of sp³-hybridized carbons (Fsp3) is 0. The molecule has 19 heavy (non-hydrogen) atoms. The quantitative estimate of drug-likeness (QED) is 0.656. The molecule has 0 aliphatic rings. The van der Waals surface area contributed by atoms with Crippen LogP contribution in [0.1, 0.15) is 20.8 Å². The molecule has 0 radical (unpaired) electrons. The molecule has 2 rings (SSSR count). The van der Waals surface area contributed by atoms with Gasteiger partial charge >= 0.3 is 11.7 Å². The van der Waals surface area contributed by atoms with E-state index in [2.05, 4.69) is 15.3 Å². The summed E-state index contributed by atoms with van der Waals surface area (Å²) in [7, 11) is 0. The number of carboxylic acids is 1. The number of imidazole rings is 1. The number of aromatic nitrogens is 2. The van der Waals surface area contributed by atoms with Gasteiger partial charge in [-0.05, 0) is 18.2 Å². The van der Waals surface area contributed by atoms with E-state index < -0.39 is 23.4 Å². The predicted octanol–water partition coefficient (Wildman–Crippen LogP) is 0.793. The summed E-state index contributed by atoms with van der Waals surface area (Å²) in [6.45, 7) is 0. The van der Waals surface area contributed by atoms with Gasteiger partial charge in [-0.15, -0.1) is 0 Å². The highest BCUT2D eigenvalue weighted by Crippen LogP contribution is 2.16. The van der Waals surface area contributed by atoms with E-state index in [1.807, 2.05) is 0 Å². The van der Waals surface area contributed by atoms with E-state index in [1.165, 1.54) is 0 Å². The molecule has 0 bridgehead atoms. The smallest absolute Gasteiger partial charge is 0.335 e. The number of nitrogens with one attached hydrogen (secondary N) is 3. The van der Waals surface area contributed by atoms with Gasteiger partial charge < -0.3 is 20.4 Å². The summed E-state index contributed by atoms with van der Waals surface area (Å²) in [5.74, 6) is -2.79. The second-order valence-corrected chi connectivity index (χ2v) is 3.61. The first-order valence-electron chi connectivity index (χ1n) is 5.09. The van der Waals surface area contributed by atoms with E-state index in [9.17, 15) is 18.8 Å². The molecule has 0 atom stereocenters. The van der Waals surface area contributed by atoms with E-state index in [0.29, 0.717) is 0 Å². The molecule has 0 saturated carbocycles. The molecule has 1 aromatic heterocycles. The molecule has 98 valence electrons. The minimum Gasteiger partial charge on any atom is -0.478 e. The molecular formula is C11H8FN3O4. The van der Waals surface area contributed by atoms with Gasteiger partial charge in [0.1, 0.15) is 11.5 Å². The normalized spacial score (nSPS) is 10.2. The maximum Gasteiger partial charge on any atom is 0.335 e. The lowest BCUT2D eigenvalue weighted by molar-refractivity contribution is 0.0696. The zero-order valence-corrected chi connectivity index (χ0v) is 9.36. The van der Waals surface area contributed by atoms with E-state index in [0.717, 1.165) is 24.4 Å². The number of anilines is 1. The topological polar surface area (TPSA) is 115 Å². The average molecular weight is 265 g/mol. The van der Waals surface area contributed by atoms with Gasteiger partial charge in [-0.2, -0.15) is 0 Å². The van der Waals surface area contributed by atoms with Crippen molar-refractivity contribution in [2.45, 2.75) is 0 Å². The molecule has 4 N–H and O–H groups in total. The SMILES string of the molecule is O=C(O)c1ccc(F)c(NC(=O)c2c[nH]c(=O)[nH]2)c1. The summed E-state index contributed by atoms with van der Waals surface area (Å²) in [5.41, 5.74) is -1.12. The van der Waals surface area contributed by atoms with Crippen LogP contribution in [0, 0.1) is 5.82 Å². The number of benzene rings is 1. The molecule has 0 fully saturated rings. The van der Waals surface area contributed by atoms with Crippen LogP contribution in [-0.4, -0.2) is 27.0 Å². The minimum atomic E-state index is -1.24. The van der Waals surface area contributed by atoms with Gasteiger partial charge in [0.05, 0.1) is 11.3 Å². The van der Waals surface area contributed by atoms with Crippen molar-refractivity contribution in [3.05, 3.63) is 52.0 Å². The molecule has 2 aromatic rings. The lowest BCUT2D eigenvalue weighted by atomic mass is 10.2. The Morgan fingerprint density at radius 2 is 2.05 bits per heavy atom. The van der Waals surface area contributed by atoms with Gasteiger partial charge in [0.25, 0.3) is 5.91 Å². The Bertz CT molecular complexity index is 704. The highest BCUT2D eigenvalue weighted by Gasteiger charge is 2.13. The first kappa shape index (κ1) is 12.6.